The minimum absolute atomic E-state index is 0.265. The van der Waals surface area contributed by atoms with Crippen molar-refractivity contribution in [1.82, 2.24) is 14.7 Å². The van der Waals surface area contributed by atoms with Gasteiger partial charge in [-0.3, -0.25) is 9.80 Å². The molecule has 0 aliphatic carbocycles. The van der Waals surface area contributed by atoms with Gasteiger partial charge in [-0.05, 0) is 39.7 Å². The van der Waals surface area contributed by atoms with Crippen molar-refractivity contribution < 1.29 is 4.74 Å². The maximum atomic E-state index is 5.52. The Labute approximate surface area is 130 Å². The highest BCUT2D eigenvalue weighted by Crippen LogP contribution is 2.27. The van der Waals surface area contributed by atoms with Crippen molar-refractivity contribution in [3.8, 4) is 0 Å². The molecule has 3 aliphatic rings. The monoisotopic (exact) mass is 295 g/mol. The van der Waals surface area contributed by atoms with Crippen LogP contribution >= 0.6 is 0 Å². The molecule has 0 spiro atoms. The molecule has 0 aromatic rings. The van der Waals surface area contributed by atoms with Gasteiger partial charge in [0.25, 0.3) is 0 Å². The first-order chi connectivity index (χ1) is 10.0. The van der Waals surface area contributed by atoms with Crippen molar-refractivity contribution in [1.29, 1.82) is 0 Å². The Bertz CT molecular complexity index is 341. The summed E-state index contributed by atoms with van der Waals surface area (Å²) in [6.07, 6.45) is 4.25. The van der Waals surface area contributed by atoms with Crippen LogP contribution in [0.5, 0.6) is 0 Å². The standard InChI is InChI=1S/C17H33N3O/c1-17(2,20-7-9-21-10-8-20)14-19-12-15-5-4-6-16(13-19)18(3)11-15/h15-16H,4-14H2,1-3H3/t15-,16-/m0/s1. The summed E-state index contributed by atoms with van der Waals surface area (Å²) >= 11 is 0. The van der Waals surface area contributed by atoms with E-state index in [0.717, 1.165) is 38.3 Å². The second-order valence-corrected chi connectivity index (χ2v) is 8.00. The Balaban J connectivity index is 1.63. The Morgan fingerprint density at radius 3 is 2.57 bits per heavy atom. The Hall–Kier alpha value is -0.160. The molecule has 2 atom stereocenters. The van der Waals surface area contributed by atoms with Gasteiger partial charge in [-0.2, -0.15) is 0 Å². The highest BCUT2D eigenvalue weighted by Gasteiger charge is 2.35. The molecule has 0 aromatic heterocycles. The van der Waals surface area contributed by atoms with Crippen LogP contribution in [-0.4, -0.2) is 85.8 Å². The number of likely N-dealkylation sites (tertiary alicyclic amines) is 1. The lowest BCUT2D eigenvalue weighted by Crippen LogP contribution is -2.56. The highest BCUT2D eigenvalue weighted by molar-refractivity contribution is 4.91. The van der Waals surface area contributed by atoms with Gasteiger partial charge in [0.15, 0.2) is 0 Å². The molecule has 3 fully saturated rings. The van der Waals surface area contributed by atoms with Crippen molar-refractivity contribution in [2.45, 2.75) is 44.7 Å². The summed E-state index contributed by atoms with van der Waals surface area (Å²) in [5.74, 6) is 0.878. The van der Waals surface area contributed by atoms with Gasteiger partial charge >= 0.3 is 0 Å². The van der Waals surface area contributed by atoms with E-state index in [1.54, 1.807) is 0 Å². The summed E-state index contributed by atoms with van der Waals surface area (Å²) in [7, 11) is 2.33. The molecule has 0 saturated carbocycles. The SMILES string of the molecule is CN1C[C@@H]2CCC[C@H]1CN(CC(C)(C)N1CCOCC1)C2. The maximum absolute atomic E-state index is 5.52. The van der Waals surface area contributed by atoms with E-state index in [1.807, 2.05) is 0 Å². The topological polar surface area (TPSA) is 19.0 Å². The molecular formula is C17H33N3O. The highest BCUT2D eigenvalue weighted by atomic mass is 16.5. The molecule has 4 nitrogen and oxygen atoms in total. The number of nitrogens with zero attached hydrogens (tertiary/aromatic N) is 3. The third kappa shape index (κ3) is 3.79. The molecule has 3 aliphatic heterocycles. The fourth-order valence-corrected chi connectivity index (χ4v) is 4.57. The average Bonchev–Trinajstić information content (AvgIpc) is 2.68. The van der Waals surface area contributed by atoms with E-state index in [4.69, 9.17) is 4.74 Å². The van der Waals surface area contributed by atoms with Gasteiger partial charge in [0, 0.05) is 50.8 Å². The lowest BCUT2D eigenvalue weighted by molar-refractivity contribution is -0.0237. The first-order valence-electron chi connectivity index (χ1n) is 8.80. The molecule has 3 rings (SSSR count). The minimum atomic E-state index is 0.265. The van der Waals surface area contributed by atoms with E-state index < -0.39 is 0 Å². The lowest BCUT2D eigenvalue weighted by Gasteiger charge is -2.44. The van der Waals surface area contributed by atoms with Gasteiger partial charge in [-0.25, -0.2) is 0 Å². The molecule has 0 radical (unpaired) electrons. The Morgan fingerprint density at radius 1 is 1.05 bits per heavy atom. The normalized spacial score (nSPS) is 33.9. The van der Waals surface area contributed by atoms with E-state index in [0.29, 0.717) is 0 Å². The van der Waals surface area contributed by atoms with E-state index in [-0.39, 0.29) is 5.54 Å². The van der Waals surface area contributed by atoms with E-state index in [9.17, 15) is 0 Å². The van der Waals surface area contributed by atoms with Crippen molar-refractivity contribution >= 4 is 0 Å². The number of fused-ring (bicyclic) bond motifs is 3. The second-order valence-electron chi connectivity index (χ2n) is 8.00. The van der Waals surface area contributed by atoms with Crippen LogP contribution in [0.15, 0.2) is 0 Å². The van der Waals surface area contributed by atoms with Crippen molar-refractivity contribution in [3.63, 3.8) is 0 Å². The number of morpholine rings is 1. The lowest BCUT2D eigenvalue weighted by atomic mass is 9.96. The molecule has 0 N–H and O–H groups in total. The van der Waals surface area contributed by atoms with Gasteiger partial charge < -0.3 is 9.64 Å². The fourth-order valence-electron chi connectivity index (χ4n) is 4.57. The predicted molar refractivity (Wildman–Crippen MR) is 86.7 cm³/mol. The van der Waals surface area contributed by atoms with Gasteiger partial charge in [0.2, 0.25) is 0 Å². The molecule has 3 heterocycles. The number of hydrogen-bond acceptors (Lipinski definition) is 4. The molecule has 21 heavy (non-hydrogen) atoms. The molecule has 4 heteroatoms. The molecule has 0 amide bonds. The fraction of sp³-hybridized carbons (Fsp3) is 1.00. The molecule has 3 saturated heterocycles. The van der Waals surface area contributed by atoms with Crippen LogP contribution in [0.1, 0.15) is 33.1 Å². The van der Waals surface area contributed by atoms with Gasteiger partial charge in [-0.1, -0.05) is 6.42 Å². The van der Waals surface area contributed by atoms with Crippen LogP contribution in [-0.2, 0) is 4.74 Å². The quantitative estimate of drug-likeness (QED) is 0.785. The molecule has 2 bridgehead atoms. The largest absolute Gasteiger partial charge is 0.379 e. The first kappa shape index (κ1) is 15.7. The van der Waals surface area contributed by atoms with Crippen LogP contribution in [0.25, 0.3) is 0 Å². The number of likely N-dealkylation sites (N-methyl/N-ethyl adjacent to an activating group) is 1. The number of hydrogen-bond donors (Lipinski definition) is 0. The van der Waals surface area contributed by atoms with E-state index in [2.05, 4.69) is 35.6 Å². The minimum Gasteiger partial charge on any atom is -0.379 e. The smallest absolute Gasteiger partial charge is 0.0594 e. The van der Waals surface area contributed by atoms with Crippen molar-refractivity contribution in [3.05, 3.63) is 0 Å². The van der Waals surface area contributed by atoms with Gasteiger partial charge in [0.05, 0.1) is 13.2 Å². The summed E-state index contributed by atoms with van der Waals surface area (Å²) in [6, 6.07) is 0.776. The van der Waals surface area contributed by atoms with E-state index >= 15 is 0 Å². The summed E-state index contributed by atoms with van der Waals surface area (Å²) in [6.45, 7) is 13.9. The Morgan fingerprint density at radius 2 is 1.81 bits per heavy atom. The van der Waals surface area contributed by atoms with Gasteiger partial charge in [0.1, 0.15) is 0 Å². The molecule has 0 aromatic carbocycles. The summed E-state index contributed by atoms with van der Waals surface area (Å²) in [4.78, 5) is 8.01. The molecular weight excluding hydrogens is 262 g/mol. The number of ether oxygens (including phenoxy) is 1. The van der Waals surface area contributed by atoms with Crippen molar-refractivity contribution in [2.75, 3.05) is 59.5 Å². The van der Waals surface area contributed by atoms with Crippen LogP contribution < -0.4 is 0 Å². The van der Waals surface area contributed by atoms with Crippen LogP contribution in [0.3, 0.4) is 0 Å². The third-order valence-corrected chi connectivity index (χ3v) is 5.78. The average molecular weight is 295 g/mol. The zero-order valence-electron chi connectivity index (χ0n) is 14.2. The summed E-state index contributed by atoms with van der Waals surface area (Å²) in [5, 5.41) is 0. The van der Waals surface area contributed by atoms with E-state index in [1.165, 1.54) is 45.4 Å². The van der Waals surface area contributed by atoms with Crippen molar-refractivity contribution in [2.24, 2.45) is 5.92 Å². The van der Waals surface area contributed by atoms with Crippen LogP contribution in [0.2, 0.25) is 0 Å². The second kappa shape index (κ2) is 6.53. The number of rotatable bonds is 3. The zero-order chi connectivity index (χ0) is 14.9. The predicted octanol–water partition coefficient (Wildman–Crippen LogP) is 1.51. The third-order valence-electron chi connectivity index (χ3n) is 5.78. The zero-order valence-corrected chi connectivity index (χ0v) is 14.2. The van der Waals surface area contributed by atoms with Crippen LogP contribution in [0.4, 0.5) is 0 Å². The van der Waals surface area contributed by atoms with Crippen LogP contribution in [0, 0.1) is 5.92 Å². The summed E-state index contributed by atoms with van der Waals surface area (Å²) in [5.41, 5.74) is 0.265. The maximum Gasteiger partial charge on any atom is 0.0594 e. The van der Waals surface area contributed by atoms with Gasteiger partial charge in [-0.15, -0.1) is 0 Å². The Kier molecular flexibility index (Phi) is 4.89. The molecule has 0 unspecified atom stereocenters. The molecule has 122 valence electrons. The summed E-state index contributed by atoms with van der Waals surface area (Å²) < 4.78 is 5.52. The first-order valence-corrected chi connectivity index (χ1v) is 8.80.